The summed E-state index contributed by atoms with van der Waals surface area (Å²) in [5.41, 5.74) is 1.27. The summed E-state index contributed by atoms with van der Waals surface area (Å²) in [6, 6.07) is 7.00. The summed E-state index contributed by atoms with van der Waals surface area (Å²) in [6.07, 6.45) is -2.51. The maximum atomic E-state index is 11.8. The lowest BCUT2D eigenvalue weighted by molar-refractivity contribution is -0.190. The quantitative estimate of drug-likeness (QED) is 0.460. The van der Waals surface area contributed by atoms with E-state index in [9.17, 15) is 19.2 Å². The van der Waals surface area contributed by atoms with Crippen molar-refractivity contribution >= 4 is 34.9 Å². The molecular formula is C20H22N2O8. The van der Waals surface area contributed by atoms with Crippen molar-refractivity contribution < 1.29 is 38.1 Å². The zero-order valence-corrected chi connectivity index (χ0v) is 17.0. The van der Waals surface area contributed by atoms with Crippen LogP contribution in [0.25, 0.3) is 11.0 Å². The average molecular weight is 418 g/mol. The molecule has 2 aromatic rings. The third-order valence-electron chi connectivity index (χ3n) is 3.79. The molecule has 2 rings (SSSR count). The molecule has 160 valence electrons. The smallest absolute Gasteiger partial charge is 0.303 e. The van der Waals surface area contributed by atoms with E-state index in [2.05, 4.69) is 9.97 Å². The first-order valence-electron chi connectivity index (χ1n) is 9.04. The highest BCUT2D eigenvalue weighted by Gasteiger charge is 2.40. The van der Waals surface area contributed by atoms with Crippen LogP contribution in [0.3, 0.4) is 0 Å². The number of esters is 4. The van der Waals surface area contributed by atoms with Crippen LogP contribution in [0.2, 0.25) is 0 Å². The van der Waals surface area contributed by atoms with Crippen LogP contribution >= 0.6 is 0 Å². The van der Waals surface area contributed by atoms with Gasteiger partial charge in [-0.1, -0.05) is 12.1 Å². The van der Waals surface area contributed by atoms with Crippen molar-refractivity contribution in [1.29, 1.82) is 0 Å². The predicted octanol–water partition coefficient (Wildman–Crippen LogP) is 1.66. The molecule has 3 unspecified atom stereocenters. The Morgan fingerprint density at radius 1 is 0.833 bits per heavy atom. The number of carbonyl (C=O) groups excluding carboxylic acids is 4. The molecule has 1 aromatic carbocycles. The molecule has 1 heterocycles. The fraction of sp³-hybridized carbons (Fsp3) is 0.400. The number of aromatic nitrogens is 2. The van der Waals surface area contributed by atoms with Crippen LogP contribution in [0, 0.1) is 0 Å². The van der Waals surface area contributed by atoms with Gasteiger partial charge in [-0.2, -0.15) is 0 Å². The Hall–Kier alpha value is -3.56. The second-order valence-corrected chi connectivity index (χ2v) is 6.34. The van der Waals surface area contributed by atoms with Gasteiger partial charge in [0.2, 0.25) is 0 Å². The summed E-state index contributed by atoms with van der Waals surface area (Å²) >= 11 is 0. The molecule has 0 amide bonds. The Morgan fingerprint density at radius 2 is 1.43 bits per heavy atom. The maximum Gasteiger partial charge on any atom is 0.303 e. The highest BCUT2D eigenvalue weighted by atomic mass is 16.6. The molecule has 30 heavy (non-hydrogen) atoms. The molecule has 0 radical (unpaired) electrons. The highest BCUT2D eigenvalue weighted by molar-refractivity contribution is 5.74. The Morgan fingerprint density at radius 3 is 2.00 bits per heavy atom. The number of nitrogens with zero attached hydrogens (tertiary/aromatic N) is 2. The molecule has 0 aliphatic heterocycles. The molecule has 0 aliphatic rings. The van der Waals surface area contributed by atoms with Crippen LogP contribution in [-0.2, 0) is 38.1 Å². The lowest BCUT2D eigenvalue weighted by atomic mass is 10.0. The van der Waals surface area contributed by atoms with Gasteiger partial charge in [0, 0.05) is 27.7 Å². The van der Waals surface area contributed by atoms with Gasteiger partial charge in [-0.25, -0.2) is 4.98 Å². The van der Waals surface area contributed by atoms with Gasteiger partial charge in [-0.3, -0.25) is 24.2 Å². The lowest BCUT2D eigenvalue weighted by Crippen LogP contribution is -2.43. The van der Waals surface area contributed by atoms with Crippen molar-refractivity contribution in [2.45, 2.75) is 46.0 Å². The van der Waals surface area contributed by atoms with Crippen LogP contribution in [0.1, 0.15) is 39.5 Å². The van der Waals surface area contributed by atoms with E-state index in [0.717, 1.165) is 13.8 Å². The molecule has 1 aromatic heterocycles. The van der Waals surface area contributed by atoms with E-state index >= 15 is 0 Å². The molecule has 10 nitrogen and oxygen atoms in total. The molecule has 0 spiro atoms. The number of fused-ring (bicyclic) bond motifs is 1. The molecule has 0 aliphatic carbocycles. The molecule has 0 bridgehead atoms. The predicted molar refractivity (Wildman–Crippen MR) is 102 cm³/mol. The van der Waals surface area contributed by atoms with Crippen molar-refractivity contribution in [2.75, 3.05) is 6.61 Å². The van der Waals surface area contributed by atoms with Gasteiger partial charge in [0.1, 0.15) is 12.3 Å². The fourth-order valence-electron chi connectivity index (χ4n) is 2.72. The number of carbonyl (C=O) groups is 4. The summed E-state index contributed by atoms with van der Waals surface area (Å²) in [6.45, 7) is 4.19. The highest BCUT2D eigenvalue weighted by Crippen LogP contribution is 2.28. The topological polar surface area (TPSA) is 131 Å². The summed E-state index contributed by atoms with van der Waals surface area (Å²) in [7, 11) is 0. The largest absolute Gasteiger partial charge is 0.462 e. The Kier molecular flexibility index (Phi) is 7.79. The van der Waals surface area contributed by atoms with Crippen molar-refractivity contribution in [3.8, 4) is 0 Å². The molecular weight excluding hydrogens is 396 g/mol. The van der Waals surface area contributed by atoms with E-state index in [0.29, 0.717) is 11.0 Å². The van der Waals surface area contributed by atoms with E-state index in [-0.39, 0.29) is 5.69 Å². The molecule has 3 atom stereocenters. The zero-order chi connectivity index (χ0) is 22.3. The van der Waals surface area contributed by atoms with Crippen LogP contribution < -0.4 is 0 Å². The normalized spacial score (nSPS) is 13.6. The zero-order valence-electron chi connectivity index (χ0n) is 17.0. The second kappa shape index (κ2) is 10.3. The van der Waals surface area contributed by atoms with Crippen LogP contribution in [0.5, 0.6) is 0 Å². The first kappa shape index (κ1) is 22.7. The Labute approximate surface area is 172 Å². The molecule has 0 saturated heterocycles. The minimum atomic E-state index is -1.34. The number of hydrogen-bond donors (Lipinski definition) is 0. The van der Waals surface area contributed by atoms with Crippen molar-refractivity contribution in [3.63, 3.8) is 0 Å². The molecule has 0 saturated carbocycles. The van der Waals surface area contributed by atoms with Crippen molar-refractivity contribution in [2.24, 2.45) is 0 Å². The van der Waals surface area contributed by atoms with E-state index in [1.807, 2.05) is 0 Å². The number of rotatable bonds is 8. The minimum Gasteiger partial charge on any atom is -0.462 e. The SMILES string of the molecule is CC(=O)OCC(OC(C)=O)C(OC(C)=O)C(OC(C)=O)c1cnc2ccccc2n1. The summed E-state index contributed by atoms with van der Waals surface area (Å²) in [5.74, 6) is -2.77. The standard InChI is InChI=1S/C20H22N2O8/c1-11(23)27-10-18(28-12(2)24)20(30-14(4)26)19(29-13(3)25)17-9-21-15-7-5-6-8-16(15)22-17/h5-9,18-20H,10H2,1-4H3. The van der Waals surface area contributed by atoms with Gasteiger partial charge in [0.25, 0.3) is 0 Å². The van der Waals surface area contributed by atoms with Gasteiger partial charge in [-0.15, -0.1) is 0 Å². The van der Waals surface area contributed by atoms with Crippen molar-refractivity contribution in [1.82, 2.24) is 9.97 Å². The maximum absolute atomic E-state index is 11.8. The third-order valence-corrected chi connectivity index (χ3v) is 3.79. The summed E-state index contributed by atoms with van der Waals surface area (Å²) < 4.78 is 20.8. The Bertz CT molecular complexity index is 945. The number of benzene rings is 1. The van der Waals surface area contributed by atoms with Gasteiger partial charge in [0.05, 0.1) is 17.2 Å². The first-order chi connectivity index (χ1) is 14.2. The average Bonchev–Trinajstić information content (AvgIpc) is 2.66. The monoisotopic (exact) mass is 418 g/mol. The third kappa shape index (κ3) is 6.50. The van der Waals surface area contributed by atoms with Crippen molar-refractivity contribution in [3.05, 3.63) is 36.2 Å². The molecule has 10 heteroatoms. The fourth-order valence-corrected chi connectivity index (χ4v) is 2.72. The van der Waals surface area contributed by atoms with E-state index in [4.69, 9.17) is 18.9 Å². The van der Waals surface area contributed by atoms with E-state index in [1.54, 1.807) is 24.3 Å². The summed E-state index contributed by atoms with van der Waals surface area (Å²) in [4.78, 5) is 55.1. The molecule has 0 N–H and O–H groups in total. The van der Waals surface area contributed by atoms with Gasteiger partial charge >= 0.3 is 23.9 Å². The first-order valence-corrected chi connectivity index (χ1v) is 9.04. The van der Waals surface area contributed by atoms with Crippen LogP contribution in [0.4, 0.5) is 0 Å². The van der Waals surface area contributed by atoms with E-state index in [1.165, 1.54) is 20.0 Å². The second-order valence-electron chi connectivity index (χ2n) is 6.34. The van der Waals surface area contributed by atoms with Gasteiger partial charge in [0.15, 0.2) is 18.3 Å². The number of para-hydroxylation sites is 2. The van der Waals surface area contributed by atoms with E-state index < -0.39 is 48.8 Å². The Balaban J connectivity index is 2.52. The van der Waals surface area contributed by atoms with Gasteiger partial charge in [-0.05, 0) is 12.1 Å². The van der Waals surface area contributed by atoms with Crippen LogP contribution in [-0.4, -0.2) is 52.7 Å². The number of hydrogen-bond acceptors (Lipinski definition) is 10. The van der Waals surface area contributed by atoms with Gasteiger partial charge < -0.3 is 18.9 Å². The number of ether oxygens (including phenoxy) is 4. The summed E-state index contributed by atoms with van der Waals surface area (Å²) in [5, 5.41) is 0. The molecule has 0 fully saturated rings. The minimum absolute atomic E-state index is 0.162. The lowest BCUT2D eigenvalue weighted by Gasteiger charge is -2.31. The van der Waals surface area contributed by atoms with Crippen LogP contribution in [0.15, 0.2) is 30.5 Å².